The van der Waals surface area contributed by atoms with Gasteiger partial charge in [0.1, 0.15) is 0 Å². The van der Waals surface area contributed by atoms with E-state index in [1.54, 1.807) is 0 Å². The maximum atomic E-state index is 13.3. The fourth-order valence-electron chi connectivity index (χ4n) is 3.99. The van der Waals surface area contributed by atoms with Crippen LogP contribution in [-0.2, 0) is 18.0 Å². The van der Waals surface area contributed by atoms with E-state index < -0.39 is 0 Å². The van der Waals surface area contributed by atoms with Gasteiger partial charge in [-0.3, -0.25) is 4.79 Å². The molecular weight excluding hydrogens is 348 g/mol. The van der Waals surface area contributed by atoms with E-state index in [1.807, 2.05) is 59.5 Å². The third-order valence-corrected chi connectivity index (χ3v) is 5.51. The maximum Gasteiger partial charge on any atom is 0.254 e. The Hall–Kier alpha value is -2.17. The number of hydrogen-bond donors (Lipinski definition) is 1. The fraction of sp³-hybridized carbons (Fsp3) is 0.458. The van der Waals surface area contributed by atoms with Crippen LogP contribution in [0.1, 0.15) is 53.6 Å². The number of nitrogens with zero attached hydrogens (tertiary/aromatic N) is 1. The molecule has 1 aliphatic rings. The average molecular weight is 381 g/mol. The van der Waals surface area contributed by atoms with Gasteiger partial charge in [-0.1, -0.05) is 67.8 Å². The molecule has 4 heteroatoms. The van der Waals surface area contributed by atoms with Crippen molar-refractivity contribution in [1.82, 2.24) is 4.90 Å². The average Bonchev–Trinajstić information content (AvgIpc) is 2.75. The molecule has 0 spiro atoms. The Balaban J connectivity index is 1.65. The van der Waals surface area contributed by atoms with Crippen molar-refractivity contribution in [2.45, 2.75) is 45.3 Å². The summed E-state index contributed by atoms with van der Waals surface area (Å²) in [5.74, 6) is 0.681. The van der Waals surface area contributed by atoms with Crippen LogP contribution in [0, 0.1) is 5.92 Å². The summed E-state index contributed by atoms with van der Waals surface area (Å²) in [4.78, 5) is 15.2. The zero-order valence-corrected chi connectivity index (χ0v) is 16.7. The molecule has 2 aromatic rings. The van der Waals surface area contributed by atoms with Crippen LogP contribution < -0.4 is 5.73 Å². The third-order valence-electron chi connectivity index (χ3n) is 5.51. The summed E-state index contributed by atoms with van der Waals surface area (Å²) in [5.41, 5.74) is 8.62. The van der Waals surface area contributed by atoms with Crippen molar-refractivity contribution < 1.29 is 9.53 Å². The van der Waals surface area contributed by atoms with Gasteiger partial charge in [-0.25, -0.2) is 0 Å². The van der Waals surface area contributed by atoms with Crippen molar-refractivity contribution in [2.24, 2.45) is 11.7 Å². The molecule has 1 aliphatic carbocycles. The summed E-state index contributed by atoms with van der Waals surface area (Å²) >= 11 is 0. The molecular formula is C24H32N2O2. The van der Waals surface area contributed by atoms with Gasteiger partial charge in [0, 0.05) is 25.2 Å². The molecule has 28 heavy (non-hydrogen) atoms. The molecule has 0 aliphatic heterocycles. The van der Waals surface area contributed by atoms with Gasteiger partial charge in [-0.15, -0.1) is 0 Å². The number of benzene rings is 2. The van der Waals surface area contributed by atoms with Crippen molar-refractivity contribution in [3.63, 3.8) is 0 Å². The highest BCUT2D eigenvalue weighted by Crippen LogP contribution is 2.25. The van der Waals surface area contributed by atoms with Crippen LogP contribution in [-0.4, -0.2) is 30.4 Å². The quantitative estimate of drug-likeness (QED) is 0.702. The van der Waals surface area contributed by atoms with E-state index in [2.05, 4.69) is 0 Å². The highest BCUT2D eigenvalue weighted by molar-refractivity contribution is 5.95. The molecule has 0 bridgehead atoms. The first-order chi connectivity index (χ1) is 13.8. The van der Waals surface area contributed by atoms with Crippen LogP contribution >= 0.6 is 0 Å². The number of ether oxygens (including phenoxy) is 1. The molecule has 1 fully saturated rings. The molecule has 0 heterocycles. The van der Waals surface area contributed by atoms with E-state index in [1.165, 1.54) is 32.1 Å². The van der Waals surface area contributed by atoms with Crippen molar-refractivity contribution in [3.05, 3.63) is 71.3 Å². The smallest absolute Gasteiger partial charge is 0.254 e. The molecule has 1 saturated carbocycles. The monoisotopic (exact) mass is 380 g/mol. The minimum absolute atomic E-state index is 0.0786. The Labute approximate surface area is 168 Å². The molecule has 0 saturated heterocycles. The van der Waals surface area contributed by atoms with E-state index in [9.17, 15) is 4.79 Å². The Morgan fingerprint density at radius 3 is 2.43 bits per heavy atom. The predicted molar refractivity (Wildman–Crippen MR) is 113 cm³/mol. The van der Waals surface area contributed by atoms with Crippen LogP contribution in [0.5, 0.6) is 0 Å². The lowest BCUT2D eigenvalue weighted by atomic mass is 9.88. The lowest BCUT2D eigenvalue weighted by molar-refractivity contribution is 0.0707. The van der Waals surface area contributed by atoms with Crippen LogP contribution in [0.3, 0.4) is 0 Å². The van der Waals surface area contributed by atoms with Gasteiger partial charge in [0.15, 0.2) is 0 Å². The maximum absolute atomic E-state index is 13.3. The van der Waals surface area contributed by atoms with Gasteiger partial charge < -0.3 is 15.4 Å². The fourth-order valence-corrected chi connectivity index (χ4v) is 3.99. The Kier molecular flexibility index (Phi) is 8.07. The highest BCUT2D eigenvalue weighted by Gasteiger charge is 2.23. The molecule has 2 aromatic carbocycles. The zero-order valence-electron chi connectivity index (χ0n) is 16.7. The number of carbonyl (C=O) groups is 1. The summed E-state index contributed by atoms with van der Waals surface area (Å²) in [7, 11) is 0. The first kappa shape index (κ1) is 20.6. The van der Waals surface area contributed by atoms with Gasteiger partial charge in [-0.2, -0.15) is 0 Å². The first-order valence-corrected chi connectivity index (χ1v) is 10.5. The van der Waals surface area contributed by atoms with E-state index >= 15 is 0 Å². The largest absolute Gasteiger partial charge is 0.372 e. The normalized spacial score (nSPS) is 14.8. The summed E-state index contributed by atoms with van der Waals surface area (Å²) in [5, 5.41) is 0. The second-order valence-electron chi connectivity index (χ2n) is 7.68. The minimum atomic E-state index is 0.0786. The lowest BCUT2D eigenvalue weighted by Gasteiger charge is -2.30. The molecule has 3 rings (SSSR count). The van der Waals surface area contributed by atoms with Crippen molar-refractivity contribution >= 4 is 5.91 Å². The highest BCUT2D eigenvalue weighted by atomic mass is 16.5. The number of hydrogen-bond acceptors (Lipinski definition) is 3. The van der Waals surface area contributed by atoms with E-state index in [0.29, 0.717) is 32.2 Å². The summed E-state index contributed by atoms with van der Waals surface area (Å²) in [6.45, 7) is 2.88. The molecule has 0 unspecified atom stereocenters. The molecule has 4 nitrogen and oxygen atoms in total. The second kappa shape index (κ2) is 11.0. The van der Waals surface area contributed by atoms with Gasteiger partial charge in [0.2, 0.25) is 0 Å². The van der Waals surface area contributed by atoms with Gasteiger partial charge in [0.25, 0.3) is 5.91 Å². The molecule has 0 atom stereocenters. The molecule has 2 N–H and O–H groups in total. The second-order valence-corrected chi connectivity index (χ2v) is 7.68. The number of rotatable bonds is 9. The summed E-state index contributed by atoms with van der Waals surface area (Å²) in [6.07, 6.45) is 6.31. The lowest BCUT2D eigenvalue weighted by Crippen LogP contribution is -2.39. The van der Waals surface area contributed by atoms with Crippen LogP contribution in [0.25, 0.3) is 0 Å². The van der Waals surface area contributed by atoms with Crippen LogP contribution in [0.2, 0.25) is 0 Å². The SMILES string of the molecule is NCCN(CC1CCCCC1)C(=O)c1ccccc1COCc1ccccc1. The minimum Gasteiger partial charge on any atom is -0.372 e. The Bertz CT molecular complexity index is 726. The number of carbonyl (C=O) groups excluding carboxylic acids is 1. The molecule has 0 radical (unpaired) electrons. The number of nitrogens with two attached hydrogens (primary N) is 1. The Morgan fingerprint density at radius 2 is 1.68 bits per heavy atom. The standard InChI is InChI=1S/C24H32N2O2/c25-15-16-26(17-20-9-3-1-4-10-20)24(27)23-14-8-7-13-22(23)19-28-18-21-11-5-2-6-12-21/h2,5-8,11-14,20H,1,3-4,9-10,15-19,25H2. The van der Waals surface area contributed by atoms with Gasteiger partial charge >= 0.3 is 0 Å². The van der Waals surface area contributed by atoms with E-state index in [4.69, 9.17) is 10.5 Å². The van der Waals surface area contributed by atoms with Crippen LogP contribution in [0.15, 0.2) is 54.6 Å². The zero-order chi connectivity index (χ0) is 19.6. The number of amides is 1. The molecule has 1 amide bonds. The third kappa shape index (κ3) is 5.91. The summed E-state index contributed by atoms with van der Waals surface area (Å²) in [6, 6.07) is 17.9. The molecule has 150 valence electrons. The first-order valence-electron chi connectivity index (χ1n) is 10.5. The van der Waals surface area contributed by atoms with Gasteiger partial charge in [-0.05, 0) is 36.0 Å². The van der Waals surface area contributed by atoms with Crippen LogP contribution in [0.4, 0.5) is 0 Å². The van der Waals surface area contributed by atoms with Crippen molar-refractivity contribution in [2.75, 3.05) is 19.6 Å². The summed E-state index contributed by atoms with van der Waals surface area (Å²) < 4.78 is 5.89. The Morgan fingerprint density at radius 1 is 0.964 bits per heavy atom. The topological polar surface area (TPSA) is 55.6 Å². The predicted octanol–water partition coefficient (Wildman–Crippen LogP) is 4.38. The van der Waals surface area contributed by atoms with Crippen molar-refractivity contribution in [1.29, 1.82) is 0 Å². The van der Waals surface area contributed by atoms with Crippen molar-refractivity contribution in [3.8, 4) is 0 Å². The molecule has 0 aromatic heterocycles. The van der Waals surface area contributed by atoms with E-state index in [-0.39, 0.29) is 5.91 Å². The van der Waals surface area contributed by atoms with E-state index in [0.717, 1.165) is 23.2 Å². The van der Waals surface area contributed by atoms with Gasteiger partial charge in [0.05, 0.1) is 13.2 Å².